The standard InChI is InChI=1S/C17H11NS/c1-2-8-15-14(6-1)17-13(7-3-9-16(17)19-15)12-5-4-10-18-11-12/h1-11H. The highest BCUT2D eigenvalue weighted by atomic mass is 32.1. The van der Waals surface area contributed by atoms with Gasteiger partial charge in [-0.15, -0.1) is 11.3 Å². The molecule has 0 unspecified atom stereocenters. The Balaban J connectivity index is 2.17. The molecule has 2 aromatic carbocycles. The lowest BCUT2D eigenvalue weighted by atomic mass is 10.0. The molecule has 2 heterocycles. The van der Waals surface area contributed by atoms with E-state index in [1.165, 1.54) is 31.3 Å². The molecule has 0 atom stereocenters. The maximum atomic E-state index is 4.24. The van der Waals surface area contributed by atoms with Gasteiger partial charge in [0.15, 0.2) is 0 Å². The molecule has 0 bridgehead atoms. The van der Waals surface area contributed by atoms with E-state index in [2.05, 4.69) is 53.5 Å². The number of nitrogens with zero attached hydrogens (tertiary/aromatic N) is 1. The third-order valence-corrected chi connectivity index (χ3v) is 4.51. The van der Waals surface area contributed by atoms with Gasteiger partial charge in [0.1, 0.15) is 0 Å². The Morgan fingerprint density at radius 3 is 2.58 bits per heavy atom. The van der Waals surface area contributed by atoms with Crippen LogP contribution in [0.2, 0.25) is 0 Å². The number of thiophene rings is 1. The zero-order valence-corrected chi connectivity index (χ0v) is 11.0. The zero-order chi connectivity index (χ0) is 12.7. The molecule has 90 valence electrons. The second kappa shape index (κ2) is 4.18. The summed E-state index contributed by atoms with van der Waals surface area (Å²) in [7, 11) is 0. The topological polar surface area (TPSA) is 12.9 Å². The Morgan fingerprint density at radius 2 is 1.68 bits per heavy atom. The number of benzene rings is 2. The summed E-state index contributed by atoms with van der Waals surface area (Å²) in [5, 5.41) is 2.68. The van der Waals surface area contributed by atoms with Gasteiger partial charge in [0, 0.05) is 38.1 Å². The Morgan fingerprint density at radius 1 is 0.789 bits per heavy atom. The first-order valence-electron chi connectivity index (χ1n) is 6.24. The highest BCUT2D eigenvalue weighted by Gasteiger charge is 2.09. The molecule has 4 aromatic rings. The monoisotopic (exact) mass is 261 g/mol. The minimum absolute atomic E-state index is 1.18. The van der Waals surface area contributed by atoms with Gasteiger partial charge in [0.05, 0.1) is 0 Å². The molecule has 0 aliphatic rings. The molecule has 2 aromatic heterocycles. The molecular formula is C17H11NS. The lowest BCUT2D eigenvalue weighted by Gasteiger charge is -2.03. The first-order valence-corrected chi connectivity index (χ1v) is 7.06. The number of aromatic nitrogens is 1. The van der Waals surface area contributed by atoms with Gasteiger partial charge in [-0.2, -0.15) is 0 Å². The summed E-state index contributed by atoms with van der Waals surface area (Å²) < 4.78 is 2.68. The largest absolute Gasteiger partial charge is 0.264 e. The van der Waals surface area contributed by atoms with Crippen molar-refractivity contribution in [3.63, 3.8) is 0 Å². The van der Waals surface area contributed by atoms with Crippen molar-refractivity contribution in [2.45, 2.75) is 0 Å². The van der Waals surface area contributed by atoms with Crippen LogP contribution in [-0.4, -0.2) is 4.98 Å². The molecule has 0 amide bonds. The summed E-state index contributed by atoms with van der Waals surface area (Å²) >= 11 is 1.85. The minimum atomic E-state index is 1.18. The van der Waals surface area contributed by atoms with Crippen molar-refractivity contribution in [2.75, 3.05) is 0 Å². The third-order valence-electron chi connectivity index (χ3n) is 3.38. The van der Waals surface area contributed by atoms with Crippen LogP contribution in [0.25, 0.3) is 31.3 Å². The number of fused-ring (bicyclic) bond motifs is 3. The summed E-state index contributed by atoms with van der Waals surface area (Å²) in [5.41, 5.74) is 2.44. The quantitative estimate of drug-likeness (QED) is 0.463. The smallest absolute Gasteiger partial charge is 0.0361 e. The van der Waals surface area contributed by atoms with Gasteiger partial charge in [-0.25, -0.2) is 0 Å². The van der Waals surface area contributed by atoms with Crippen LogP contribution in [0.3, 0.4) is 0 Å². The molecule has 0 saturated carbocycles. The van der Waals surface area contributed by atoms with Crippen LogP contribution < -0.4 is 0 Å². The summed E-state index contributed by atoms with van der Waals surface area (Å²) in [5.74, 6) is 0. The molecule has 0 aliphatic heterocycles. The average molecular weight is 261 g/mol. The predicted octanol–water partition coefficient (Wildman–Crippen LogP) is 5.12. The Kier molecular flexibility index (Phi) is 2.35. The summed E-state index contributed by atoms with van der Waals surface area (Å²) in [6.07, 6.45) is 3.75. The van der Waals surface area contributed by atoms with E-state index in [9.17, 15) is 0 Å². The van der Waals surface area contributed by atoms with Crippen molar-refractivity contribution in [2.24, 2.45) is 0 Å². The van der Waals surface area contributed by atoms with Gasteiger partial charge in [-0.05, 0) is 23.8 Å². The van der Waals surface area contributed by atoms with Crippen LogP contribution in [0, 0.1) is 0 Å². The fourth-order valence-electron chi connectivity index (χ4n) is 2.54. The second-order valence-electron chi connectivity index (χ2n) is 4.52. The number of hydrogen-bond donors (Lipinski definition) is 0. The maximum Gasteiger partial charge on any atom is 0.0361 e. The first kappa shape index (κ1) is 10.7. The van der Waals surface area contributed by atoms with E-state index < -0.39 is 0 Å². The van der Waals surface area contributed by atoms with Crippen LogP contribution in [0.4, 0.5) is 0 Å². The van der Waals surface area contributed by atoms with E-state index in [1.807, 2.05) is 29.8 Å². The van der Waals surface area contributed by atoms with Crippen LogP contribution in [0.5, 0.6) is 0 Å². The van der Waals surface area contributed by atoms with Crippen LogP contribution in [-0.2, 0) is 0 Å². The van der Waals surface area contributed by atoms with Crippen LogP contribution in [0.15, 0.2) is 67.0 Å². The first-order chi connectivity index (χ1) is 9.43. The highest BCUT2D eigenvalue weighted by Crippen LogP contribution is 2.39. The van der Waals surface area contributed by atoms with Gasteiger partial charge in [0.2, 0.25) is 0 Å². The van der Waals surface area contributed by atoms with E-state index in [-0.39, 0.29) is 0 Å². The highest BCUT2D eigenvalue weighted by molar-refractivity contribution is 7.25. The fourth-order valence-corrected chi connectivity index (χ4v) is 3.67. The molecule has 0 aliphatic carbocycles. The minimum Gasteiger partial charge on any atom is -0.264 e. The number of hydrogen-bond acceptors (Lipinski definition) is 2. The van der Waals surface area contributed by atoms with Gasteiger partial charge in [-0.1, -0.05) is 36.4 Å². The zero-order valence-electron chi connectivity index (χ0n) is 10.2. The second-order valence-corrected chi connectivity index (χ2v) is 5.60. The molecule has 0 radical (unpaired) electrons. The molecule has 0 spiro atoms. The summed E-state index contributed by atoms with van der Waals surface area (Å²) in [6.45, 7) is 0. The SMILES string of the molecule is c1cncc(-c2cccc3sc4ccccc4c23)c1. The van der Waals surface area contributed by atoms with E-state index >= 15 is 0 Å². The maximum absolute atomic E-state index is 4.24. The van der Waals surface area contributed by atoms with Crippen molar-refractivity contribution >= 4 is 31.5 Å². The van der Waals surface area contributed by atoms with Gasteiger partial charge in [0.25, 0.3) is 0 Å². The lowest BCUT2D eigenvalue weighted by Crippen LogP contribution is -1.80. The molecular weight excluding hydrogens is 250 g/mol. The van der Waals surface area contributed by atoms with E-state index in [4.69, 9.17) is 0 Å². The van der Waals surface area contributed by atoms with Gasteiger partial charge in [-0.3, -0.25) is 4.98 Å². The van der Waals surface area contributed by atoms with Crippen molar-refractivity contribution in [3.8, 4) is 11.1 Å². The molecule has 2 heteroatoms. The fraction of sp³-hybridized carbons (Fsp3) is 0. The Labute approximate surface area is 115 Å². The molecule has 0 N–H and O–H groups in total. The van der Waals surface area contributed by atoms with E-state index in [0.29, 0.717) is 0 Å². The van der Waals surface area contributed by atoms with Crippen molar-refractivity contribution < 1.29 is 0 Å². The number of rotatable bonds is 1. The van der Waals surface area contributed by atoms with Crippen molar-refractivity contribution in [1.29, 1.82) is 0 Å². The van der Waals surface area contributed by atoms with Gasteiger partial charge >= 0.3 is 0 Å². The lowest BCUT2D eigenvalue weighted by molar-refractivity contribution is 1.33. The Bertz CT molecular complexity index is 862. The third kappa shape index (κ3) is 1.65. The van der Waals surface area contributed by atoms with Crippen LogP contribution in [0.1, 0.15) is 0 Å². The Hall–Kier alpha value is -2.19. The van der Waals surface area contributed by atoms with Crippen LogP contribution >= 0.6 is 11.3 Å². The van der Waals surface area contributed by atoms with E-state index in [1.54, 1.807) is 0 Å². The summed E-state index contributed by atoms with van der Waals surface area (Å²) in [6, 6.07) is 19.2. The molecule has 19 heavy (non-hydrogen) atoms. The normalized spacial score (nSPS) is 11.2. The average Bonchev–Trinajstić information content (AvgIpc) is 2.86. The molecule has 1 nitrogen and oxygen atoms in total. The number of pyridine rings is 1. The van der Waals surface area contributed by atoms with Gasteiger partial charge < -0.3 is 0 Å². The van der Waals surface area contributed by atoms with Crippen molar-refractivity contribution in [1.82, 2.24) is 4.98 Å². The molecule has 0 fully saturated rings. The van der Waals surface area contributed by atoms with E-state index in [0.717, 1.165) is 0 Å². The molecule has 4 rings (SSSR count). The van der Waals surface area contributed by atoms with Crippen molar-refractivity contribution in [3.05, 3.63) is 67.0 Å². The summed E-state index contributed by atoms with van der Waals surface area (Å²) in [4.78, 5) is 4.24. The predicted molar refractivity (Wildman–Crippen MR) is 82.6 cm³/mol. The molecule has 0 saturated heterocycles.